The first kappa shape index (κ1) is 16.1. The minimum absolute atomic E-state index is 0.278. The maximum atomic E-state index is 12.7. The van der Waals surface area contributed by atoms with E-state index in [2.05, 4.69) is 0 Å². The molecule has 0 radical (unpaired) electrons. The quantitative estimate of drug-likeness (QED) is 0.559. The average molecular weight is 342 g/mol. The maximum absolute atomic E-state index is 12.7. The topological polar surface area (TPSA) is 44.0 Å². The van der Waals surface area contributed by atoms with Crippen LogP contribution in [0.2, 0.25) is 0 Å². The first-order valence-corrected chi connectivity index (χ1v) is 8.43. The summed E-state index contributed by atoms with van der Waals surface area (Å²) in [6, 6.07) is 23.7. The van der Waals surface area contributed by atoms with E-state index in [0.29, 0.717) is 10.9 Å². The summed E-state index contributed by atoms with van der Waals surface area (Å²) in [5, 5.41) is 0.535. The molecule has 0 amide bonds. The molecule has 4 nitrogen and oxygen atoms in total. The van der Waals surface area contributed by atoms with Crippen LogP contribution in [0.15, 0.2) is 82.4 Å². The van der Waals surface area contributed by atoms with Gasteiger partial charge in [0.25, 0.3) is 5.56 Å². The van der Waals surface area contributed by atoms with Crippen molar-refractivity contribution in [1.29, 1.82) is 0 Å². The van der Waals surface area contributed by atoms with Gasteiger partial charge in [0.15, 0.2) is 0 Å². The molecule has 0 fully saturated rings. The van der Waals surface area contributed by atoms with Crippen LogP contribution in [-0.4, -0.2) is 9.13 Å². The largest absolute Gasteiger partial charge is 0.330 e. The Morgan fingerprint density at radius 3 is 1.85 bits per heavy atom. The molecule has 0 aliphatic carbocycles. The Morgan fingerprint density at radius 1 is 0.654 bits per heavy atom. The lowest BCUT2D eigenvalue weighted by molar-refractivity contribution is 0.714. The molecule has 0 unspecified atom stereocenters. The van der Waals surface area contributed by atoms with Crippen LogP contribution in [0.25, 0.3) is 33.2 Å². The molecule has 0 N–H and O–H groups in total. The lowest BCUT2D eigenvalue weighted by atomic mass is 9.92. The van der Waals surface area contributed by atoms with Crippen LogP contribution in [0.1, 0.15) is 0 Å². The Labute approximate surface area is 150 Å². The molecular formula is C22H18N2O2. The summed E-state index contributed by atoms with van der Waals surface area (Å²) in [7, 11) is 3.22. The summed E-state index contributed by atoms with van der Waals surface area (Å²) in [6.45, 7) is 0. The van der Waals surface area contributed by atoms with E-state index in [1.54, 1.807) is 11.6 Å². The minimum Gasteiger partial charge on any atom is -0.296 e. The van der Waals surface area contributed by atoms with Crippen molar-refractivity contribution in [2.75, 3.05) is 0 Å². The number of fused-ring (bicyclic) bond motifs is 1. The SMILES string of the molecule is Cn1c(=O)c2ccc(-c3ccccc3)c(-c3ccccc3)c2n(C)c1=O. The fourth-order valence-corrected chi connectivity index (χ4v) is 3.46. The van der Waals surface area contributed by atoms with Crippen molar-refractivity contribution in [1.82, 2.24) is 9.13 Å². The van der Waals surface area contributed by atoms with Crippen LogP contribution >= 0.6 is 0 Å². The van der Waals surface area contributed by atoms with Gasteiger partial charge in [-0.05, 0) is 22.8 Å². The highest BCUT2D eigenvalue weighted by molar-refractivity contribution is 6.01. The monoisotopic (exact) mass is 342 g/mol. The van der Waals surface area contributed by atoms with E-state index in [1.165, 1.54) is 7.05 Å². The number of aromatic nitrogens is 2. The highest BCUT2D eigenvalue weighted by Gasteiger charge is 2.17. The van der Waals surface area contributed by atoms with Crippen molar-refractivity contribution < 1.29 is 0 Å². The second-order valence-corrected chi connectivity index (χ2v) is 6.32. The Kier molecular flexibility index (Phi) is 3.81. The number of benzene rings is 3. The van der Waals surface area contributed by atoms with Gasteiger partial charge in [-0.3, -0.25) is 13.9 Å². The van der Waals surface area contributed by atoms with Gasteiger partial charge >= 0.3 is 5.69 Å². The Balaban J connectivity index is 2.25. The van der Waals surface area contributed by atoms with Crippen LogP contribution in [0.5, 0.6) is 0 Å². The van der Waals surface area contributed by atoms with E-state index >= 15 is 0 Å². The number of nitrogens with zero attached hydrogens (tertiary/aromatic N) is 2. The summed E-state index contributed by atoms with van der Waals surface area (Å²) in [5.74, 6) is 0. The molecule has 4 aromatic rings. The molecule has 1 aromatic heterocycles. The molecule has 3 aromatic carbocycles. The van der Waals surface area contributed by atoms with Gasteiger partial charge in [0.2, 0.25) is 0 Å². The molecule has 1 heterocycles. The third-order valence-electron chi connectivity index (χ3n) is 4.77. The van der Waals surface area contributed by atoms with Crippen LogP contribution in [-0.2, 0) is 14.1 Å². The van der Waals surface area contributed by atoms with Crippen LogP contribution < -0.4 is 11.2 Å². The van der Waals surface area contributed by atoms with Gasteiger partial charge in [-0.2, -0.15) is 0 Å². The Morgan fingerprint density at radius 2 is 1.23 bits per heavy atom. The predicted molar refractivity (Wildman–Crippen MR) is 105 cm³/mol. The van der Waals surface area contributed by atoms with Crippen molar-refractivity contribution in [3.05, 3.63) is 93.6 Å². The summed E-state index contributed by atoms with van der Waals surface area (Å²) < 4.78 is 2.71. The molecule has 0 spiro atoms. The third kappa shape index (κ3) is 2.39. The van der Waals surface area contributed by atoms with Crippen LogP contribution in [0, 0.1) is 0 Å². The lowest BCUT2D eigenvalue weighted by Crippen LogP contribution is -2.37. The molecule has 128 valence electrons. The molecule has 0 aliphatic heterocycles. The smallest absolute Gasteiger partial charge is 0.296 e. The molecule has 0 bridgehead atoms. The second-order valence-electron chi connectivity index (χ2n) is 6.32. The van der Waals surface area contributed by atoms with E-state index in [1.807, 2.05) is 72.8 Å². The standard InChI is InChI=1S/C22H18N2O2/c1-23-20-18(21(25)24(2)22(23)26)14-13-17(15-9-5-3-6-10-15)19(20)16-11-7-4-8-12-16/h3-14H,1-2H3. The number of hydrogen-bond donors (Lipinski definition) is 0. The van der Waals surface area contributed by atoms with Crippen LogP contribution in [0.4, 0.5) is 0 Å². The van der Waals surface area contributed by atoms with E-state index in [9.17, 15) is 9.59 Å². The zero-order valence-corrected chi connectivity index (χ0v) is 14.6. The highest BCUT2D eigenvalue weighted by atomic mass is 16.2. The van der Waals surface area contributed by atoms with Crippen molar-refractivity contribution in [3.63, 3.8) is 0 Å². The van der Waals surface area contributed by atoms with Crippen molar-refractivity contribution >= 4 is 10.9 Å². The second kappa shape index (κ2) is 6.15. The number of rotatable bonds is 2. The number of aryl methyl sites for hydroxylation is 1. The summed E-state index contributed by atoms with van der Waals surface area (Å²) in [6.07, 6.45) is 0. The molecule has 0 atom stereocenters. The zero-order valence-electron chi connectivity index (χ0n) is 14.6. The summed E-state index contributed by atoms with van der Waals surface area (Å²) in [4.78, 5) is 25.2. The molecule has 4 heteroatoms. The fraction of sp³-hybridized carbons (Fsp3) is 0.0909. The maximum Gasteiger partial charge on any atom is 0.330 e. The minimum atomic E-state index is -0.329. The highest BCUT2D eigenvalue weighted by Crippen LogP contribution is 2.36. The number of hydrogen-bond acceptors (Lipinski definition) is 2. The van der Waals surface area contributed by atoms with E-state index in [4.69, 9.17) is 0 Å². The Hall–Kier alpha value is -3.40. The molecule has 26 heavy (non-hydrogen) atoms. The lowest BCUT2D eigenvalue weighted by Gasteiger charge is -2.17. The average Bonchev–Trinajstić information content (AvgIpc) is 2.71. The van der Waals surface area contributed by atoms with Crippen molar-refractivity contribution in [2.24, 2.45) is 14.1 Å². The fourth-order valence-electron chi connectivity index (χ4n) is 3.46. The molecule has 0 aliphatic rings. The van der Waals surface area contributed by atoms with Gasteiger partial charge in [-0.1, -0.05) is 66.7 Å². The first-order valence-electron chi connectivity index (χ1n) is 8.43. The molecule has 4 rings (SSSR count). The van der Waals surface area contributed by atoms with Crippen molar-refractivity contribution in [2.45, 2.75) is 0 Å². The van der Waals surface area contributed by atoms with E-state index < -0.39 is 0 Å². The Bertz CT molecular complexity index is 1220. The van der Waals surface area contributed by atoms with Gasteiger partial charge in [0, 0.05) is 19.7 Å². The van der Waals surface area contributed by atoms with Crippen LogP contribution in [0.3, 0.4) is 0 Å². The van der Waals surface area contributed by atoms with E-state index in [0.717, 1.165) is 26.8 Å². The summed E-state index contributed by atoms with van der Waals surface area (Å²) >= 11 is 0. The predicted octanol–water partition coefficient (Wildman–Crippen LogP) is 3.57. The van der Waals surface area contributed by atoms with E-state index in [-0.39, 0.29) is 11.2 Å². The normalized spacial score (nSPS) is 11.0. The van der Waals surface area contributed by atoms with Crippen molar-refractivity contribution in [3.8, 4) is 22.3 Å². The summed E-state index contributed by atoms with van der Waals surface area (Å²) in [5.41, 5.74) is 3.95. The molecular weight excluding hydrogens is 324 g/mol. The van der Waals surface area contributed by atoms with Gasteiger partial charge in [0.05, 0.1) is 10.9 Å². The van der Waals surface area contributed by atoms with Gasteiger partial charge in [-0.15, -0.1) is 0 Å². The van der Waals surface area contributed by atoms with Gasteiger partial charge in [-0.25, -0.2) is 4.79 Å². The molecule has 0 saturated heterocycles. The van der Waals surface area contributed by atoms with Gasteiger partial charge in [0.1, 0.15) is 0 Å². The third-order valence-corrected chi connectivity index (χ3v) is 4.77. The zero-order chi connectivity index (χ0) is 18.3. The first-order chi connectivity index (χ1) is 12.6. The van der Waals surface area contributed by atoms with Gasteiger partial charge < -0.3 is 0 Å². The molecule has 0 saturated carbocycles.